The summed E-state index contributed by atoms with van der Waals surface area (Å²) in [6.07, 6.45) is 6.43. The van der Waals surface area contributed by atoms with Gasteiger partial charge in [0.2, 0.25) is 0 Å². The second kappa shape index (κ2) is 9.38. The number of hydrogen-bond donors (Lipinski definition) is 1. The highest BCUT2D eigenvalue weighted by Crippen LogP contribution is 2.30. The molecule has 0 aromatic heterocycles. The molecule has 3 heteroatoms. The van der Waals surface area contributed by atoms with Gasteiger partial charge in [0.05, 0.1) is 7.11 Å². The van der Waals surface area contributed by atoms with E-state index in [1.165, 1.54) is 37.7 Å². The second-order valence-electron chi connectivity index (χ2n) is 4.85. The molecule has 0 aliphatic rings. The van der Waals surface area contributed by atoms with Crippen molar-refractivity contribution >= 4 is 15.9 Å². The van der Waals surface area contributed by atoms with Crippen molar-refractivity contribution in [3.8, 4) is 5.75 Å². The normalized spacial score (nSPS) is 12.4. The van der Waals surface area contributed by atoms with Crippen LogP contribution in [0.5, 0.6) is 5.75 Å². The molecule has 0 spiro atoms. The Morgan fingerprint density at radius 1 is 1.21 bits per heavy atom. The molecule has 108 valence electrons. The lowest BCUT2D eigenvalue weighted by Gasteiger charge is -2.20. The van der Waals surface area contributed by atoms with Gasteiger partial charge in [-0.1, -0.05) is 61.5 Å². The largest absolute Gasteiger partial charge is 0.497 e. The van der Waals surface area contributed by atoms with Crippen LogP contribution in [-0.2, 0) is 0 Å². The third kappa shape index (κ3) is 5.53. The van der Waals surface area contributed by atoms with Crippen LogP contribution in [0.2, 0.25) is 0 Å². The molecule has 0 aliphatic carbocycles. The van der Waals surface area contributed by atoms with Gasteiger partial charge < -0.3 is 10.1 Å². The Kier molecular flexibility index (Phi) is 8.15. The van der Waals surface area contributed by atoms with Crippen molar-refractivity contribution in [2.75, 3.05) is 13.7 Å². The highest BCUT2D eigenvalue weighted by molar-refractivity contribution is 9.10. The van der Waals surface area contributed by atoms with Gasteiger partial charge in [-0.05, 0) is 30.7 Å². The summed E-state index contributed by atoms with van der Waals surface area (Å²) in [5.74, 6) is 0.900. The van der Waals surface area contributed by atoms with Gasteiger partial charge in [0.1, 0.15) is 5.75 Å². The first-order valence-electron chi connectivity index (χ1n) is 7.29. The Morgan fingerprint density at radius 2 is 2.00 bits per heavy atom. The molecule has 1 N–H and O–H groups in total. The van der Waals surface area contributed by atoms with Crippen LogP contribution >= 0.6 is 15.9 Å². The molecule has 1 unspecified atom stereocenters. The van der Waals surface area contributed by atoms with E-state index in [0.29, 0.717) is 6.04 Å². The summed E-state index contributed by atoms with van der Waals surface area (Å²) >= 11 is 3.66. The average molecular weight is 328 g/mol. The molecule has 0 saturated heterocycles. The minimum Gasteiger partial charge on any atom is -0.497 e. The van der Waals surface area contributed by atoms with E-state index in [4.69, 9.17) is 4.74 Å². The van der Waals surface area contributed by atoms with E-state index >= 15 is 0 Å². The maximum Gasteiger partial charge on any atom is 0.120 e. The van der Waals surface area contributed by atoms with Gasteiger partial charge in [-0.15, -0.1) is 0 Å². The minimum atomic E-state index is 0.433. The molecular weight excluding hydrogens is 302 g/mol. The fourth-order valence-electron chi connectivity index (χ4n) is 2.31. The van der Waals surface area contributed by atoms with Crippen LogP contribution in [0.3, 0.4) is 0 Å². The zero-order chi connectivity index (χ0) is 14.1. The smallest absolute Gasteiger partial charge is 0.120 e. The quantitative estimate of drug-likeness (QED) is 0.638. The summed E-state index contributed by atoms with van der Waals surface area (Å²) in [5.41, 5.74) is 1.33. The lowest BCUT2D eigenvalue weighted by Crippen LogP contribution is -2.21. The predicted octanol–water partition coefficient (Wildman–Crippen LogP) is 5.08. The minimum absolute atomic E-state index is 0.433. The molecule has 2 nitrogen and oxygen atoms in total. The van der Waals surface area contributed by atoms with Crippen molar-refractivity contribution in [1.29, 1.82) is 0 Å². The number of benzene rings is 1. The van der Waals surface area contributed by atoms with Crippen molar-refractivity contribution in [2.45, 2.75) is 52.0 Å². The van der Waals surface area contributed by atoms with Crippen LogP contribution in [0, 0.1) is 0 Å². The fourth-order valence-corrected chi connectivity index (χ4v) is 2.94. The van der Waals surface area contributed by atoms with Gasteiger partial charge in [0.25, 0.3) is 0 Å². The monoisotopic (exact) mass is 327 g/mol. The molecule has 1 aromatic carbocycles. The summed E-state index contributed by atoms with van der Waals surface area (Å²) < 4.78 is 6.39. The molecule has 1 atom stereocenters. The number of rotatable bonds is 9. The maximum atomic E-state index is 5.25. The van der Waals surface area contributed by atoms with Crippen LogP contribution in [-0.4, -0.2) is 13.7 Å². The van der Waals surface area contributed by atoms with E-state index in [0.717, 1.165) is 16.8 Å². The van der Waals surface area contributed by atoms with Crippen LogP contribution in [0.25, 0.3) is 0 Å². The van der Waals surface area contributed by atoms with Gasteiger partial charge >= 0.3 is 0 Å². The molecule has 0 heterocycles. The number of methoxy groups -OCH3 is 1. The Hall–Kier alpha value is -0.540. The SMILES string of the molecule is CCCCCCC(NCC)c1ccc(OC)cc1Br. The van der Waals surface area contributed by atoms with E-state index < -0.39 is 0 Å². The van der Waals surface area contributed by atoms with E-state index in [1.54, 1.807) is 7.11 Å². The van der Waals surface area contributed by atoms with E-state index in [1.807, 2.05) is 12.1 Å². The lowest BCUT2D eigenvalue weighted by atomic mass is 10.00. The van der Waals surface area contributed by atoms with Gasteiger partial charge in [-0.25, -0.2) is 0 Å². The van der Waals surface area contributed by atoms with Crippen molar-refractivity contribution in [2.24, 2.45) is 0 Å². The summed E-state index contributed by atoms with van der Waals surface area (Å²) in [4.78, 5) is 0. The van der Waals surface area contributed by atoms with Gasteiger partial charge in [-0.3, -0.25) is 0 Å². The molecule has 0 saturated carbocycles. The molecule has 0 bridgehead atoms. The van der Waals surface area contributed by atoms with Crippen LogP contribution in [0.15, 0.2) is 22.7 Å². The number of ether oxygens (including phenoxy) is 1. The van der Waals surface area contributed by atoms with Crippen LogP contribution in [0.4, 0.5) is 0 Å². The molecule has 0 aliphatic heterocycles. The molecule has 0 fully saturated rings. The first kappa shape index (κ1) is 16.5. The molecule has 1 rings (SSSR count). The second-order valence-corrected chi connectivity index (χ2v) is 5.70. The zero-order valence-electron chi connectivity index (χ0n) is 12.3. The lowest BCUT2D eigenvalue weighted by molar-refractivity contribution is 0.413. The van der Waals surface area contributed by atoms with Crippen molar-refractivity contribution < 1.29 is 4.74 Å². The highest BCUT2D eigenvalue weighted by atomic mass is 79.9. The Balaban J connectivity index is 2.69. The Bertz CT molecular complexity index is 368. The highest BCUT2D eigenvalue weighted by Gasteiger charge is 2.13. The maximum absolute atomic E-state index is 5.25. The summed E-state index contributed by atoms with van der Waals surface area (Å²) in [6.45, 7) is 5.41. The van der Waals surface area contributed by atoms with Gasteiger partial charge in [-0.2, -0.15) is 0 Å². The number of nitrogens with one attached hydrogen (secondary N) is 1. The number of hydrogen-bond acceptors (Lipinski definition) is 2. The third-order valence-corrected chi connectivity index (χ3v) is 4.07. The predicted molar refractivity (Wildman–Crippen MR) is 85.9 cm³/mol. The standard InChI is InChI=1S/C16H26BrNO/c1-4-6-7-8-9-16(18-5-2)14-11-10-13(19-3)12-15(14)17/h10-12,16,18H,4-9H2,1-3H3. The molecule has 0 amide bonds. The van der Waals surface area contributed by atoms with Crippen molar-refractivity contribution in [3.63, 3.8) is 0 Å². The molecular formula is C16H26BrNO. The van der Waals surface area contributed by atoms with Crippen LogP contribution in [0.1, 0.15) is 57.6 Å². The number of halogens is 1. The summed E-state index contributed by atoms with van der Waals surface area (Å²) in [6, 6.07) is 6.68. The van der Waals surface area contributed by atoms with E-state index in [-0.39, 0.29) is 0 Å². The summed E-state index contributed by atoms with van der Waals surface area (Å²) in [7, 11) is 1.70. The van der Waals surface area contributed by atoms with Crippen molar-refractivity contribution in [1.82, 2.24) is 5.32 Å². The van der Waals surface area contributed by atoms with Crippen LogP contribution < -0.4 is 10.1 Å². The summed E-state index contributed by atoms with van der Waals surface area (Å²) in [5, 5.41) is 3.58. The molecule has 1 aromatic rings. The van der Waals surface area contributed by atoms with E-state index in [2.05, 4.69) is 41.2 Å². The zero-order valence-corrected chi connectivity index (χ0v) is 13.9. The van der Waals surface area contributed by atoms with Crippen molar-refractivity contribution in [3.05, 3.63) is 28.2 Å². The third-order valence-electron chi connectivity index (χ3n) is 3.38. The Labute approximate surface area is 126 Å². The molecule has 19 heavy (non-hydrogen) atoms. The number of unbranched alkanes of at least 4 members (excludes halogenated alkanes) is 3. The average Bonchev–Trinajstić information content (AvgIpc) is 2.42. The first-order chi connectivity index (χ1) is 9.22. The molecule has 0 radical (unpaired) electrons. The van der Waals surface area contributed by atoms with Gasteiger partial charge in [0.15, 0.2) is 0 Å². The topological polar surface area (TPSA) is 21.3 Å². The fraction of sp³-hybridized carbons (Fsp3) is 0.625. The first-order valence-corrected chi connectivity index (χ1v) is 8.09. The van der Waals surface area contributed by atoms with E-state index in [9.17, 15) is 0 Å². The van der Waals surface area contributed by atoms with Gasteiger partial charge in [0, 0.05) is 10.5 Å². The Morgan fingerprint density at radius 3 is 2.58 bits per heavy atom.